The van der Waals surface area contributed by atoms with E-state index >= 15 is 0 Å². The second-order valence-corrected chi connectivity index (χ2v) is 26.0. The van der Waals surface area contributed by atoms with Crippen LogP contribution in [0, 0.1) is 9.86 Å². The van der Waals surface area contributed by atoms with Gasteiger partial charge in [-0.1, -0.05) is 0 Å². The van der Waals surface area contributed by atoms with Gasteiger partial charge in [-0.15, -0.1) is 0 Å². The van der Waals surface area contributed by atoms with Gasteiger partial charge in [0.2, 0.25) is 0 Å². The van der Waals surface area contributed by atoms with Crippen LogP contribution in [-0.4, -0.2) is 32.3 Å². The van der Waals surface area contributed by atoms with Crippen molar-refractivity contribution in [2.45, 2.75) is 124 Å². The van der Waals surface area contributed by atoms with Crippen molar-refractivity contribution in [1.29, 1.82) is 0 Å². The molecule has 1 rings (SSSR count). The molecule has 0 N–H and O–H groups in total. The van der Waals surface area contributed by atoms with Crippen LogP contribution < -0.4 is 0 Å². The van der Waals surface area contributed by atoms with E-state index in [1.807, 2.05) is 0 Å². The van der Waals surface area contributed by atoms with Crippen molar-refractivity contribution >= 4 is 26.7 Å². The molecule has 0 aromatic rings. The minimum absolute atomic E-state index is 0.0721. The molecule has 1 saturated carbocycles. The second kappa shape index (κ2) is 11.4. The first-order chi connectivity index (χ1) is 11.8. The predicted molar refractivity (Wildman–Crippen MR) is 118 cm³/mol. The summed E-state index contributed by atoms with van der Waals surface area (Å²) in [7, 11) is -1.55. The minimum atomic E-state index is -2.35. The number of unbranched alkanes of at least 4 members (excludes halogenated alkanes) is 3. The van der Waals surface area contributed by atoms with Crippen molar-refractivity contribution in [3.05, 3.63) is 0 Å². The molecule has 0 spiro atoms. The zero-order chi connectivity index (χ0) is 18.8. The summed E-state index contributed by atoms with van der Waals surface area (Å²) in [6, 6.07) is 0. The van der Waals surface area contributed by atoms with Crippen molar-refractivity contribution in [3.8, 4) is 9.86 Å². The average Bonchev–Trinajstić information content (AvgIpc) is 3.00. The molecule has 0 aromatic carbocycles. The first kappa shape index (κ1) is 23.6. The molecule has 0 aromatic heterocycles. The maximum absolute atomic E-state index is 6.69. The van der Waals surface area contributed by atoms with Gasteiger partial charge in [-0.3, -0.25) is 0 Å². The average molecular weight is 471 g/mol. The van der Waals surface area contributed by atoms with Crippen LogP contribution in [0.15, 0.2) is 0 Å². The second-order valence-electron chi connectivity index (χ2n) is 9.26. The van der Waals surface area contributed by atoms with E-state index < -0.39 is 26.7 Å². The Labute approximate surface area is 164 Å². The van der Waals surface area contributed by atoms with Crippen molar-refractivity contribution in [1.82, 2.24) is 0 Å². The molecule has 1 aliphatic rings. The van der Waals surface area contributed by atoms with Crippen molar-refractivity contribution in [2.24, 2.45) is 0 Å². The fourth-order valence-corrected chi connectivity index (χ4v) is 19.0. The molecule has 3 heteroatoms. The molecule has 1 nitrogen and oxygen atoms in total. The first-order valence-electron chi connectivity index (χ1n) is 11.0. The fraction of sp³-hybridized carbons (Fsp3) is 0.909. The molecule has 0 aliphatic heterocycles. The molecule has 0 radical (unpaired) electrons. The summed E-state index contributed by atoms with van der Waals surface area (Å²) < 4.78 is 15.3. The van der Waals surface area contributed by atoms with E-state index in [1.54, 1.807) is 0 Å². The molecular formula is C22H44OSiSn. The monoisotopic (exact) mass is 472 g/mol. The van der Waals surface area contributed by atoms with Crippen LogP contribution in [-0.2, 0) is 4.43 Å². The standard InChI is InChI=1S/C10H17OSi.3C4H9.Sn/c1-5-10(8-6-7-9-10)11-12(2,3)4;3*1-3-4-2;/h6-9H2,2-4H3;3*1,3-4H2,2H3;. The van der Waals surface area contributed by atoms with Crippen molar-refractivity contribution < 1.29 is 4.43 Å². The SMILES string of the molecule is CCC[CH2][Sn]([C]#CC1(O[Si](C)(C)C)CCCC1)([CH2]CCC)[CH2]CCC. The van der Waals surface area contributed by atoms with Gasteiger partial charge in [0.15, 0.2) is 0 Å². The first-order valence-corrected chi connectivity index (χ1v) is 21.9. The predicted octanol–water partition coefficient (Wildman–Crippen LogP) is 7.54. The van der Waals surface area contributed by atoms with Crippen LogP contribution >= 0.6 is 0 Å². The van der Waals surface area contributed by atoms with Gasteiger partial charge in [0.05, 0.1) is 0 Å². The quantitative estimate of drug-likeness (QED) is 0.223. The van der Waals surface area contributed by atoms with Gasteiger partial charge in [-0.2, -0.15) is 0 Å². The molecule has 1 aliphatic carbocycles. The molecule has 0 amide bonds. The van der Waals surface area contributed by atoms with E-state index in [0.717, 1.165) is 0 Å². The molecule has 1 fully saturated rings. The molecule has 0 saturated heterocycles. The Morgan fingerprint density at radius 3 is 1.64 bits per heavy atom. The van der Waals surface area contributed by atoms with Crippen LogP contribution in [0.2, 0.25) is 33.0 Å². The Morgan fingerprint density at radius 2 is 1.28 bits per heavy atom. The van der Waals surface area contributed by atoms with Gasteiger partial charge >= 0.3 is 165 Å². The van der Waals surface area contributed by atoms with Gasteiger partial charge in [0.25, 0.3) is 0 Å². The van der Waals surface area contributed by atoms with E-state index in [-0.39, 0.29) is 5.60 Å². The van der Waals surface area contributed by atoms with Crippen molar-refractivity contribution in [3.63, 3.8) is 0 Å². The summed E-state index contributed by atoms with van der Waals surface area (Å²) in [4.78, 5) is 0. The summed E-state index contributed by atoms with van der Waals surface area (Å²) in [5.74, 6) is 3.88. The Morgan fingerprint density at radius 1 is 0.840 bits per heavy atom. The molecule has 0 heterocycles. The number of hydrogen-bond acceptors (Lipinski definition) is 1. The van der Waals surface area contributed by atoms with Crippen LogP contribution in [0.25, 0.3) is 0 Å². The summed E-state index contributed by atoms with van der Waals surface area (Å²) >= 11 is -2.35. The maximum atomic E-state index is 6.69. The van der Waals surface area contributed by atoms with Gasteiger partial charge in [-0.25, -0.2) is 0 Å². The van der Waals surface area contributed by atoms with E-state index in [9.17, 15) is 0 Å². The molecule has 0 unspecified atom stereocenters. The van der Waals surface area contributed by atoms with E-state index in [4.69, 9.17) is 4.43 Å². The van der Waals surface area contributed by atoms with E-state index in [0.29, 0.717) is 0 Å². The Bertz CT molecular complexity index is 402. The zero-order valence-corrected chi connectivity index (χ0v) is 22.0. The van der Waals surface area contributed by atoms with Crippen LogP contribution in [0.5, 0.6) is 0 Å². The number of hydrogen-bond donors (Lipinski definition) is 0. The molecule has 0 bridgehead atoms. The zero-order valence-electron chi connectivity index (χ0n) is 18.1. The normalized spacial score (nSPS) is 17.4. The topological polar surface area (TPSA) is 9.23 Å². The summed E-state index contributed by atoms with van der Waals surface area (Å²) in [5.41, 5.74) is -0.0721. The summed E-state index contributed by atoms with van der Waals surface area (Å²) in [6.07, 6.45) is 13.2. The third-order valence-electron chi connectivity index (χ3n) is 5.49. The molecule has 146 valence electrons. The summed E-state index contributed by atoms with van der Waals surface area (Å²) in [6.45, 7) is 14.0. The third-order valence-corrected chi connectivity index (χ3v) is 19.6. The van der Waals surface area contributed by atoms with Gasteiger partial charge in [0, 0.05) is 0 Å². The van der Waals surface area contributed by atoms with Crippen molar-refractivity contribution in [2.75, 3.05) is 0 Å². The third kappa shape index (κ3) is 8.84. The molecular weight excluding hydrogens is 427 g/mol. The van der Waals surface area contributed by atoms with Crippen LogP contribution in [0.4, 0.5) is 0 Å². The fourth-order valence-electron chi connectivity index (χ4n) is 4.14. The van der Waals surface area contributed by atoms with Gasteiger partial charge in [0.1, 0.15) is 0 Å². The van der Waals surface area contributed by atoms with E-state index in [1.165, 1.54) is 77.5 Å². The molecule has 0 atom stereocenters. The Kier molecular flexibility index (Phi) is 10.7. The summed E-state index contributed by atoms with van der Waals surface area (Å²) in [5, 5.41) is 0. The Balaban J connectivity index is 3.08. The van der Waals surface area contributed by atoms with Gasteiger partial charge < -0.3 is 0 Å². The van der Waals surface area contributed by atoms with Gasteiger partial charge in [-0.05, 0) is 0 Å². The van der Waals surface area contributed by atoms with Crippen LogP contribution in [0.1, 0.15) is 85.0 Å². The number of rotatable bonds is 11. The Hall–Kier alpha value is 0.536. The van der Waals surface area contributed by atoms with E-state index in [2.05, 4.69) is 50.3 Å². The van der Waals surface area contributed by atoms with Crippen LogP contribution in [0.3, 0.4) is 0 Å². The molecule has 25 heavy (non-hydrogen) atoms.